The molecule has 1 unspecified atom stereocenters. The number of aliphatic carboxylic acids is 1. The Morgan fingerprint density at radius 2 is 1.78 bits per heavy atom. The summed E-state index contributed by atoms with van der Waals surface area (Å²) in [7, 11) is 0. The van der Waals surface area contributed by atoms with Crippen molar-refractivity contribution in [2.45, 2.75) is 38.7 Å². The van der Waals surface area contributed by atoms with Crippen molar-refractivity contribution in [3.63, 3.8) is 0 Å². The minimum atomic E-state index is -1.44. The second-order valence-electron chi connectivity index (χ2n) is 4.52. The van der Waals surface area contributed by atoms with E-state index in [1.54, 1.807) is 0 Å². The lowest BCUT2D eigenvalue weighted by molar-refractivity contribution is -0.146. The van der Waals surface area contributed by atoms with Crippen LogP contribution in [0, 0.1) is 11.7 Å². The van der Waals surface area contributed by atoms with Gasteiger partial charge in [-0.1, -0.05) is 38.8 Å². The van der Waals surface area contributed by atoms with E-state index in [-0.39, 0.29) is 12.3 Å². The maximum absolute atomic E-state index is 12.9. The smallest absolute Gasteiger partial charge is 0.306 e. The molecule has 0 saturated carbocycles. The molecule has 3 nitrogen and oxygen atoms in total. The molecule has 0 heterocycles. The van der Waals surface area contributed by atoms with Gasteiger partial charge in [0.1, 0.15) is 11.4 Å². The lowest BCUT2D eigenvalue weighted by Gasteiger charge is -2.34. The standard InChI is InChI=1S/C14H19FO3/c1-3-10(4-2)14(18,9-13(16)17)11-5-7-12(15)8-6-11/h5-8,10,18H,3-4,9H2,1-2H3,(H,16,17). The molecule has 18 heavy (non-hydrogen) atoms. The van der Waals surface area contributed by atoms with E-state index in [1.807, 2.05) is 13.8 Å². The molecular formula is C14H19FO3. The summed E-state index contributed by atoms with van der Waals surface area (Å²) in [4.78, 5) is 11.0. The van der Waals surface area contributed by atoms with E-state index >= 15 is 0 Å². The van der Waals surface area contributed by atoms with Gasteiger partial charge >= 0.3 is 5.97 Å². The molecule has 0 aliphatic carbocycles. The summed E-state index contributed by atoms with van der Waals surface area (Å²) in [6, 6.07) is 5.39. The van der Waals surface area contributed by atoms with Crippen LogP contribution in [0.15, 0.2) is 24.3 Å². The van der Waals surface area contributed by atoms with Gasteiger partial charge in [0.2, 0.25) is 0 Å². The molecule has 1 aromatic rings. The van der Waals surface area contributed by atoms with Gasteiger partial charge in [0.15, 0.2) is 0 Å². The number of benzene rings is 1. The highest BCUT2D eigenvalue weighted by molar-refractivity contribution is 5.68. The molecule has 0 bridgehead atoms. The van der Waals surface area contributed by atoms with E-state index in [0.717, 1.165) is 0 Å². The topological polar surface area (TPSA) is 57.5 Å². The predicted octanol–water partition coefficient (Wildman–Crippen LogP) is 2.92. The maximum Gasteiger partial charge on any atom is 0.306 e. The summed E-state index contributed by atoms with van der Waals surface area (Å²) in [5.41, 5.74) is -0.983. The van der Waals surface area contributed by atoms with E-state index in [4.69, 9.17) is 5.11 Å². The number of carbonyl (C=O) groups is 1. The van der Waals surface area contributed by atoms with Crippen LogP contribution in [0.4, 0.5) is 4.39 Å². The zero-order chi connectivity index (χ0) is 13.8. The Kier molecular flexibility index (Phi) is 4.84. The van der Waals surface area contributed by atoms with Crippen LogP contribution in [0.1, 0.15) is 38.7 Å². The summed E-state index contributed by atoms with van der Waals surface area (Å²) >= 11 is 0. The van der Waals surface area contributed by atoms with Gasteiger partial charge in [0.05, 0.1) is 6.42 Å². The first kappa shape index (κ1) is 14.6. The summed E-state index contributed by atoms with van der Waals surface area (Å²) in [6.07, 6.45) is 0.959. The van der Waals surface area contributed by atoms with Crippen LogP contribution in [0.3, 0.4) is 0 Å². The molecule has 0 radical (unpaired) electrons. The van der Waals surface area contributed by atoms with Crippen molar-refractivity contribution in [2.75, 3.05) is 0 Å². The molecule has 4 heteroatoms. The largest absolute Gasteiger partial charge is 0.481 e. The Labute approximate surface area is 106 Å². The van der Waals surface area contributed by atoms with Gasteiger partial charge in [-0.2, -0.15) is 0 Å². The van der Waals surface area contributed by atoms with Crippen molar-refractivity contribution in [1.29, 1.82) is 0 Å². The highest BCUT2D eigenvalue weighted by Crippen LogP contribution is 2.37. The minimum Gasteiger partial charge on any atom is -0.481 e. The second kappa shape index (κ2) is 5.96. The molecule has 0 saturated heterocycles. The zero-order valence-corrected chi connectivity index (χ0v) is 10.7. The zero-order valence-electron chi connectivity index (χ0n) is 10.7. The molecular weight excluding hydrogens is 235 g/mol. The average molecular weight is 254 g/mol. The number of carboxylic acid groups (broad SMARTS) is 1. The molecule has 2 N–H and O–H groups in total. The fourth-order valence-electron chi connectivity index (χ4n) is 2.42. The molecule has 100 valence electrons. The van der Waals surface area contributed by atoms with Crippen molar-refractivity contribution in [1.82, 2.24) is 0 Å². The predicted molar refractivity (Wildman–Crippen MR) is 66.6 cm³/mol. The van der Waals surface area contributed by atoms with Crippen LogP contribution in [0.2, 0.25) is 0 Å². The van der Waals surface area contributed by atoms with Gasteiger partial charge in [-0.25, -0.2) is 4.39 Å². The van der Waals surface area contributed by atoms with E-state index < -0.39 is 17.4 Å². The molecule has 0 fully saturated rings. The van der Waals surface area contributed by atoms with Crippen LogP contribution in [0.5, 0.6) is 0 Å². The third kappa shape index (κ3) is 3.07. The number of carboxylic acids is 1. The third-order valence-electron chi connectivity index (χ3n) is 3.43. The quantitative estimate of drug-likeness (QED) is 0.820. The Bertz CT molecular complexity index is 398. The molecule has 0 aliphatic rings. The minimum absolute atomic E-state index is 0.168. The van der Waals surface area contributed by atoms with E-state index in [2.05, 4.69) is 0 Å². The Balaban J connectivity index is 3.18. The van der Waals surface area contributed by atoms with E-state index in [9.17, 15) is 14.3 Å². The van der Waals surface area contributed by atoms with Crippen LogP contribution in [-0.4, -0.2) is 16.2 Å². The van der Waals surface area contributed by atoms with Crippen LogP contribution < -0.4 is 0 Å². The normalized spacial score (nSPS) is 14.5. The fraction of sp³-hybridized carbons (Fsp3) is 0.500. The van der Waals surface area contributed by atoms with Gasteiger partial charge in [-0.15, -0.1) is 0 Å². The van der Waals surface area contributed by atoms with E-state index in [0.29, 0.717) is 18.4 Å². The molecule has 0 amide bonds. The Morgan fingerprint density at radius 3 is 2.17 bits per heavy atom. The molecule has 0 spiro atoms. The molecule has 1 aromatic carbocycles. The first-order chi connectivity index (χ1) is 8.43. The third-order valence-corrected chi connectivity index (χ3v) is 3.43. The van der Waals surface area contributed by atoms with Gasteiger partial charge in [0, 0.05) is 0 Å². The second-order valence-corrected chi connectivity index (χ2v) is 4.52. The average Bonchev–Trinajstić information content (AvgIpc) is 2.30. The fourth-order valence-corrected chi connectivity index (χ4v) is 2.42. The van der Waals surface area contributed by atoms with Crippen molar-refractivity contribution in [3.8, 4) is 0 Å². The molecule has 1 rings (SSSR count). The number of rotatable bonds is 6. The van der Waals surface area contributed by atoms with Gasteiger partial charge < -0.3 is 10.2 Å². The first-order valence-electron chi connectivity index (χ1n) is 6.14. The maximum atomic E-state index is 12.9. The molecule has 0 aliphatic heterocycles. The number of hydrogen-bond acceptors (Lipinski definition) is 2. The SMILES string of the molecule is CCC(CC)C(O)(CC(=O)O)c1ccc(F)cc1. The Hall–Kier alpha value is -1.42. The lowest BCUT2D eigenvalue weighted by atomic mass is 9.76. The first-order valence-corrected chi connectivity index (χ1v) is 6.14. The van der Waals surface area contributed by atoms with Crippen LogP contribution in [0.25, 0.3) is 0 Å². The summed E-state index contributed by atoms with van der Waals surface area (Å²) in [5, 5.41) is 19.7. The van der Waals surface area contributed by atoms with Crippen molar-refractivity contribution in [2.24, 2.45) is 5.92 Å². The van der Waals surface area contributed by atoms with Gasteiger partial charge in [0.25, 0.3) is 0 Å². The van der Waals surface area contributed by atoms with Crippen molar-refractivity contribution >= 4 is 5.97 Å². The number of hydrogen-bond donors (Lipinski definition) is 2. The summed E-state index contributed by atoms with van der Waals surface area (Å²) in [5.74, 6) is -1.63. The number of aliphatic hydroxyl groups is 1. The molecule has 1 atom stereocenters. The number of halogens is 1. The monoisotopic (exact) mass is 254 g/mol. The van der Waals surface area contributed by atoms with Crippen LogP contribution >= 0.6 is 0 Å². The van der Waals surface area contributed by atoms with Gasteiger partial charge in [-0.3, -0.25) is 4.79 Å². The van der Waals surface area contributed by atoms with Gasteiger partial charge in [-0.05, 0) is 23.6 Å². The summed E-state index contributed by atoms with van der Waals surface area (Å²) < 4.78 is 12.9. The van der Waals surface area contributed by atoms with E-state index in [1.165, 1.54) is 24.3 Å². The summed E-state index contributed by atoms with van der Waals surface area (Å²) in [6.45, 7) is 3.81. The molecule has 0 aromatic heterocycles. The highest BCUT2D eigenvalue weighted by Gasteiger charge is 2.38. The van der Waals surface area contributed by atoms with Crippen LogP contribution in [-0.2, 0) is 10.4 Å². The Morgan fingerprint density at radius 1 is 1.28 bits per heavy atom. The highest BCUT2D eigenvalue weighted by atomic mass is 19.1. The van der Waals surface area contributed by atoms with Crippen molar-refractivity contribution in [3.05, 3.63) is 35.6 Å². The van der Waals surface area contributed by atoms with Crippen molar-refractivity contribution < 1.29 is 19.4 Å². The lowest BCUT2D eigenvalue weighted by Crippen LogP contribution is -2.37.